The molecule has 2 fully saturated rings. The molecule has 0 spiro atoms. The van der Waals surface area contributed by atoms with E-state index >= 15 is 0 Å². The Balaban J connectivity index is 2.07. The molecule has 0 bridgehead atoms. The van der Waals surface area contributed by atoms with Crippen molar-refractivity contribution in [1.29, 1.82) is 0 Å². The Morgan fingerprint density at radius 3 is 2.21 bits per heavy atom. The highest BCUT2D eigenvalue weighted by Gasteiger charge is 2.44. The van der Waals surface area contributed by atoms with Gasteiger partial charge in [-0.3, -0.25) is 4.90 Å². The van der Waals surface area contributed by atoms with E-state index in [9.17, 15) is 0 Å². The number of hydrogen-bond donors (Lipinski definition) is 1. The standard InChI is InChI=1S/C16H33N3/c1-13(2)15-6-5-9-19(15)16(12-17)7-10-18(11-8-16)14(3)4/h13-15H,5-12,17H2,1-4H3. The van der Waals surface area contributed by atoms with Gasteiger partial charge in [-0.15, -0.1) is 0 Å². The zero-order chi connectivity index (χ0) is 14.0. The van der Waals surface area contributed by atoms with Gasteiger partial charge in [0.25, 0.3) is 0 Å². The molecule has 2 saturated heterocycles. The average Bonchev–Trinajstić information content (AvgIpc) is 2.88. The van der Waals surface area contributed by atoms with E-state index < -0.39 is 0 Å². The van der Waals surface area contributed by atoms with Crippen molar-refractivity contribution in [2.24, 2.45) is 11.7 Å². The highest BCUT2D eigenvalue weighted by molar-refractivity contribution is 5.01. The van der Waals surface area contributed by atoms with E-state index in [1.165, 1.54) is 45.3 Å². The number of rotatable bonds is 4. The number of nitrogens with two attached hydrogens (primary N) is 1. The Morgan fingerprint density at radius 2 is 1.74 bits per heavy atom. The van der Waals surface area contributed by atoms with Gasteiger partial charge in [0.1, 0.15) is 0 Å². The van der Waals surface area contributed by atoms with Crippen LogP contribution in [0.25, 0.3) is 0 Å². The molecule has 112 valence electrons. The molecule has 0 aromatic rings. The molecule has 0 aromatic carbocycles. The first-order valence-corrected chi connectivity index (χ1v) is 8.21. The van der Waals surface area contributed by atoms with Crippen molar-refractivity contribution < 1.29 is 0 Å². The van der Waals surface area contributed by atoms with Gasteiger partial charge in [-0.25, -0.2) is 0 Å². The highest BCUT2D eigenvalue weighted by Crippen LogP contribution is 2.37. The van der Waals surface area contributed by atoms with Gasteiger partial charge in [0.15, 0.2) is 0 Å². The summed E-state index contributed by atoms with van der Waals surface area (Å²) < 4.78 is 0. The highest BCUT2D eigenvalue weighted by atomic mass is 15.3. The van der Waals surface area contributed by atoms with Gasteiger partial charge in [0, 0.05) is 37.3 Å². The molecular formula is C16H33N3. The number of hydrogen-bond acceptors (Lipinski definition) is 3. The van der Waals surface area contributed by atoms with Crippen LogP contribution in [-0.4, -0.2) is 53.6 Å². The number of nitrogens with zero attached hydrogens (tertiary/aromatic N) is 2. The summed E-state index contributed by atoms with van der Waals surface area (Å²) >= 11 is 0. The second kappa shape index (κ2) is 6.11. The lowest BCUT2D eigenvalue weighted by atomic mass is 9.83. The maximum absolute atomic E-state index is 6.24. The van der Waals surface area contributed by atoms with Crippen LogP contribution in [0.5, 0.6) is 0 Å². The molecule has 0 amide bonds. The molecule has 0 saturated carbocycles. The van der Waals surface area contributed by atoms with Crippen LogP contribution in [0.2, 0.25) is 0 Å². The summed E-state index contributed by atoms with van der Waals surface area (Å²) in [6, 6.07) is 1.43. The first-order chi connectivity index (χ1) is 9.00. The van der Waals surface area contributed by atoms with Crippen molar-refractivity contribution in [2.45, 2.75) is 71.0 Å². The van der Waals surface area contributed by atoms with E-state index in [1.807, 2.05) is 0 Å². The van der Waals surface area contributed by atoms with Gasteiger partial charge < -0.3 is 10.6 Å². The third-order valence-corrected chi connectivity index (χ3v) is 5.52. The summed E-state index contributed by atoms with van der Waals surface area (Å²) in [5.74, 6) is 0.758. The number of piperidine rings is 1. The molecule has 2 rings (SSSR count). The van der Waals surface area contributed by atoms with Gasteiger partial charge in [-0.2, -0.15) is 0 Å². The van der Waals surface area contributed by atoms with Crippen LogP contribution in [0.1, 0.15) is 53.4 Å². The molecule has 1 atom stereocenters. The van der Waals surface area contributed by atoms with E-state index in [2.05, 4.69) is 37.5 Å². The zero-order valence-electron chi connectivity index (χ0n) is 13.4. The largest absolute Gasteiger partial charge is 0.329 e. The summed E-state index contributed by atoms with van der Waals surface area (Å²) in [4.78, 5) is 5.39. The average molecular weight is 267 g/mol. The van der Waals surface area contributed by atoms with Crippen LogP contribution >= 0.6 is 0 Å². The van der Waals surface area contributed by atoms with Crippen LogP contribution in [0.3, 0.4) is 0 Å². The van der Waals surface area contributed by atoms with Gasteiger partial charge in [-0.1, -0.05) is 13.8 Å². The molecule has 2 aliphatic heterocycles. The maximum atomic E-state index is 6.24. The second-order valence-electron chi connectivity index (χ2n) is 7.21. The van der Waals surface area contributed by atoms with Crippen LogP contribution in [0, 0.1) is 5.92 Å². The fraction of sp³-hybridized carbons (Fsp3) is 1.00. The Kier molecular flexibility index (Phi) is 4.91. The Bertz CT molecular complexity index is 280. The summed E-state index contributed by atoms with van der Waals surface area (Å²) in [7, 11) is 0. The van der Waals surface area contributed by atoms with E-state index in [1.54, 1.807) is 0 Å². The van der Waals surface area contributed by atoms with Gasteiger partial charge in [0.2, 0.25) is 0 Å². The van der Waals surface area contributed by atoms with Crippen molar-refractivity contribution in [3.8, 4) is 0 Å². The van der Waals surface area contributed by atoms with Crippen molar-refractivity contribution in [1.82, 2.24) is 9.80 Å². The van der Waals surface area contributed by atoms with Crippen LogP contribution in [0.4, 0.5) is 0 Å². The summed E-state index contributed by atoms with van der Waals surface area (Å²) in [5, 5.41) is 0. The van der Waals surface area contributed by atoms with Crippen LogP contribution in [-0.2, 0) is 0 Å². The molecule has 3 heteroatoms. The lowest BCUT2D eigenvalue weighted by Gasteiger charge is -2.50. The first-order valence-electron chi connectivity index (χ1n) is 8.21. The molecule has 0 radical (unpaired) electrons. The molecule has 3 nitrogen and oxygen atoms in total. The first kappa shape index (κ1) is 15.3. The fourth-order valence-corrected chi connectivity index (χ4v) is 4.14. The molecule has 0 aromatic heterocycles. The SMILES string of the molecule is CC(C)C1CCCN1C1(CN)CCN(C(C)C)CC1. The molecular weight excluding hydrogens is 234 g/mol. The second-order valence-corrected chi connectivity index (χ2v) is 7.21. The lowest BCUT2D eigenvalue weighted by Crippen LogP contribution is -2.61. The summed E-state index contributed by atoms with van der Waals surface area (Å²) in [6.07, 6.45) is 5.24. The Hall–Kier alpha value is -0.120. The lowest BCUT2D eigenvalue weighted by molar-refractivity contribution is -0.000941. The van der Waals surface area contributed by atoms with Crippen LogP contribution in [0.15, 0.2) is 0 Å². The Labute approximate surface area is 119 Å². The number of likely N-dealkylation sites (tertiary alicyclic amines) is 2. The molecule has 19 heavy (non-hydrogen) atoms. The fourth-order valence-electron chi connectivity index (χ4n) is 4.14. The minimum atomic E-state index is 0.289. The van der Waals surface area contributed by atoms with Crippen molar-refractivity contribution >= 4 is 0 Å². The van der Waals surface area contributed by atoms with Crippen molar-refractivity contribution in [3.63, 3.8) is 0 Å². The molecule has 2 aliphatic rings. The van der Waals surface area contributed by atoms with E-state index in [0.29, 0.717) is 6.04 Å². The molecule has 1 unspecified atom stereocenters. The molecule has 2 N–H and O–H groups in total. The van der Waals surface area contributed by atoms with Gasteiger partial charge in [0.05, 0.1) is 0 Å². The van der Waals surface area contributed by atoms with E-state index in [0.717, 1.165) is 18.5 Å². The smallest absolute Gasteiger partial charge is 0.0359 e. The van der Waals surface area contributed by atoms with Crippen molar-refractivity contribution in [2.75, 3.05) is 26.2 Å². The van der Waals surface area contributed by atoms with Gasteiger partial charge >= 0.3 is 0 Å². The third kappa shape index (κ3) is 2.98. The molecule has 0 aliphatic carbocycles. The van der Waals surface area contributed by atoms with E-state index in [-0.39, 0.29) is 5.54 Å². The van der Waals surface area contributed by atoms with Gasteiger partial charge in [-0.05, 0) is 52.0 Å². The Morgan fingerprint density at radius 1 is 1.11 bits per heavy atom. The summed E-state index contributed by atoms with van der Waals surface area (Å²) in [5.41, 5.74) is 6.53. The predicted molar refractivity (Wildman–Crippen MR) is 82.3 cm³/mol. The third-order valence-electron chi connectivity index (χ3n) is 5.52. The van der Waals surface area contributed by atoms with E-state index in [4.69, 9.17) is 5.73 Å². The summed E-state index contributed by atoms with van der Waals surface area (Å²) in [6.45, 7) is 13.9. The molecule has 2 heterocycles. The topological polar surface area (TPSA) is 32.5 Å². The monoisotopic (exact) mass is 267 g/mol. The van der Waals surface area contributed by atoms with Crippen LogP contribution < -0.4 is 5.73 Å². The normalized spacial score (nSPS) is 29.5. The quantitative estimate of drug-likeness (QED) is 0.848. The minimum absolute atomic E-state index is 0.289. The zero-order valence-corrected chi connectivity index (χ0v) is 13.4. The van der Waals surface area contributed by atoms with Crippen molar-refractivity contribution in [3.05, 3.63) is 0 Å². The predicted octanol–water partition coefficient (Wildman–Crippen LogP) is 2.31. The maximum Gasteiger partial charge on any atom is 0.0359 e. The minimum Gasteiger partial charge on any atom is -0.329 e.